The van der Waals surface area contributed by atoms with Gasteiger partial charge in [-0.3, -0.25) is 0 Å². The van der Waals surface area contributed by atoms with Crippen molar-refractivity contribution in [1.82, 2.24) is 0 Å². The third-order valence-electron chi connectivity index (χ3n) is 4.80. The highest BCUT2D eigenvalue weighted by Crippen LogP contribution is 2.45. The fourth-order valence-electron chi connectivity index (χ4n) is 3.23. The largest absolute Gasteiger partial charge is 0.418 e. The molecule has 0 saturated carbocycles. The fraction of sp³-hybridized carbons (Fsp3) is 0.143. The summed E-state index contributed by atoms with van der Waals surface area (Å²) in [5.74, 6) is 0. The first-order valence-corrected chi connectivity index (χ1v) is 9.20. The number of anilines is 6. The molecule has 34 heavy (non-hydrogen) atoms. The van der Waals surface area contributed by atoms with Crippen LogP contribution in [0.1, 0.15) is 16.7 Å². The average Bonchev–Trinajstić information content (AvgIpc) is 2.69. The number of nitrogens with two attached hydrogens (primary N) is 3. The second kappa shape index (κ2) is 8.22. The van der Waals surface area contributed by atoms with Crippen LogP contribution in [0, 0.1) is 0 Å². The van der Waals surface area contributed by atoms with E-state index in [1.165, 1.54) is 0 Å². The normalized spacial score (nSPS) is 12.6. The molecule has 182 valence electrons. The second-order valence-electron chi connectivity index (χ2n) is 7.14. The lowest BCUT2D eigenvalue weighted by Gasteiger charge is -2.28. The third kappa shape index (κ3) is 4.92. The van der Waals surface area contributed by atoms with Crippen LogP contribution in [0.15, 0.2) is 54.6 Å². The maximum absolute atomic E-state index is 13.4. The Balaban J connectivity index is 2.34. The van der Waals surface area contributed by atoms with Gasteiger partial charge in [0.1, 0.15) is 0 Å². The van der Waals surface area contributed by atoms with Crippen LogP contribution in [0.5, 0.6) is 0 Å². The summed E-state index contributed by atoms with van der Waals surface area (Å²) in [5.41, 5.74) is 8.92. The van der Waals surface area contributed by atoms with Crippen molar-refractivity contribution in [2.45, 2.75) is 18.5 Å². The van der Waals surface area contributed by atoms with E-state index in [1.807, 2.05) is 0 Å². The van der Waals surface area contributed by atoms with Crippen molar-refractivity contribution in [3.8, 4) is 0 Å². The molecule has 0 aromatic heterocycles. The van der Waals surface area contributed by atoms with Gasteiger partial charge in [0.25, 0.3) is 0 Å². The summed E-state index contributed by atoms with van der Waals surface area (Å²) in [6.45, 7) is 0. The first-order valence-electron chi connectivity index (χ1n) is 9.20. The van der Waals surface area contributed by atoms with Crippen LogP contribution in [0.3, 0.4) is 0 Å². The molecular formula is C21H15F9N4. The Morgan fingerprint density at radius 1 is 0.441 bits per heavy atom. The van der Waals surface area contributed by atoms with Gasteiger partial charge in [-0.1, -0.05) is 0 Å². The Kier molecular flexibility index (Phi) is 6.01. The standard InChI is InChI=1S/C21H15F9N4/c22-19(23,24)13-7-10(1-4-16(13)31)34(11-2-5-17(32)14(8-11)20(25,26)27)12-3-6-18(33)15(9-12)21(28,29)30/h1-9H,31-33H2. The average molecular weight is 494 g/mol. The summed E-state index contributed by atoms with van der Waals surface area (Å²) in [6, 6.07) is 7.15. The Morgan fingerprint density at radius 3 is 0.882 bits per heavy atom. The molecule has 0 amide bonds. The molecule has 3 aromatic carbocycles. The van der Waals surface area contributed by atoms with Crippen LogP contribution >= 0.6 is 0 Å². The summed E-state index contributed by atoms with van der Waals surface area (Å²) in [4.78, 5) is 0.776. The van der Waals surface area contributed by atoms with Gasteiger partial charge in [-0.2, -0.15) is 39.5 Å². The topological polar surface area (TPSA) is 81.3 Å². The Morgan fingerprint density at radius 2 is 0.676 bits per heavy atom. The minimum absolute atomic E-state index is 0.405. The molecule has 0 atom stereocenters. The monoisotopic (exact) mass is 494 g/mol. The first-order chi connectivity index (χ1) is 15.5. The molecule has 6 N–H and O–H groups in total. The van der Waals surface area contributed by atoms with Gasteiger partial charge in [-0.25, -0.2) is 0 Å². The van der Waals surface area contributed by atoms with E-state index in [-0.39, 0.29) is 0 Å². The van der Waals surface area contributed by atoms with E-state index in [2.05, 4.69) is 0 Å². The maximum Gasteiger partial charge on any atom is 0.418 e. The van der Waals surface area contributed by atoms with Gasteiger partial charge in [0.15, 0.2) is 0 Å². The summed E-state index contributed by atoms with van der Waals surface area (Å²) in [6.07, 6.45) is -14.8. The van der Waals surface area contributed by atoms with Crippen molar-refractivity contribution in [1.29, 1.82) is 0 Å². The van der Waals surface area contributed by atoms with Crippen LogP contribution < -0.4 is 22.1 Å². The maximum atomic E-state index is 13.4. The van der Waals surface area contributed by atoms with Gasteiger partial charge >= 0.3 is 18.5 Å². The number of nitrogens with zero attached hydrogens (tertiary/aromatic N) is 1. The van der Waals surface area contributed by atoms with Gasteiger partial charge in [0.2, 0.25) is 0 Å². The van der Waals surface area contributed by atoms with Crippen molar-refractivity contribution < 1.29 is 39.5 Å². The molecule has 0 heterocycles. The molecule has 0 radical (unpaired) electrons. The smallest absolute Gasteiger partial charge is 0.398 e. The fourth-order valence-corrected chi connectivity index (χ4v) is 3.23. The van der Waals surface area contributed by atoms with Gasteiger partial charge in [-0.05, 0) is 54.6 Å². The highest BCUT2D eigenvalue weighted by molar-refractivity contribution is 5.81. The van der Waals surface area contributed by atoms with Gasteiger partial charge in [0, 0.05) is 34.1 Å². The predicted molar refractivity (Wildman–Crippen MR) is 109 cm³/mol. The molecule has 3 aromatic rings. The lowest BCUT2D eigenvalue weighted by Crippen LogP contribution is -2.17. The lowest BCUT2D eigenvalue weighted by molar-refractivity contribution is -0.137. The predicted octanol–water partition coefficient (Wildman–Crippen LogP) is 6.96. The molecule has 3 rings (SSSR count). The number of benzene rings is 3. The number of nitrogen functional groups attached to an aromatic ring is 3. The van der Waals surface area contributed by atoms with E-state index in [4.69, 9.17) is 17.2 Å². The molecule has 0 spiro atoms. The van der Waals surface area contributed by atoms with Crippen LogP contribution in [-0.2, 0) is 18.5 Å². The zero-order valence-corrected chi connectivity index (χ0v) is 16.8. The summed E-state index contributed by atoms with van der Waals surface area (Å²) in [5, 5.41) is 0. The van der Waals surface area contributed by atoms with E-state index < -0.39 is 69.3 Å². The van der Waals surface area contributed by atoms with Crippen molar-refractivity contribution in [2.75, 3.05) is 22.1 Å². The van der Waals surface area contributed by atoms with E-state index in [1.54, 1.807) is 0 Å². The molecule has 13 heteroatoms. The molecule has 0 bridgehead atoms. The number of hydrogen-bond acceptors (Lipinski definition) is 4. The van der Waals surface area contributed by atoms with E-state index in [0.717, 1.165) is 41.3 Å². The minimum atomic E-state index is -4.94. The van der Waals surface area contributed by atoms with Gasteiger partial charge in [-0.15, -0.1) is 0 Å². The summed E-state index contributed by atoms with van der Waals surface area (Å²) >= 11 is 0. The molecule has 0 fully saturated rings. The van der Waals surface area contributed by atoms with E-state index in [0.29, 0.717) is 18.2 Å². The highest BCUT2D eigenvalue weighted by atomic mass is 19.4. The lowest BCUT2D eigenvalue weighted by atomic mass is 10.1. The van der Waals surface area contributed by atoms with Gasteiger partial charge < -0.3 is 22.1 Å². The molecule has 0 unspecified atom stereocenters. The number of alkyl halides is 9. The summed E-state index contributed by atoms with van der Waals surface area (Å²) in [7, 11) is 0. The van der Waals surface area contributed by atoms with Crippen LogP contribution in [0.2, 0.25) is 0 Å². The quantitative estimate of drug-likeness (QED) is 0.272. The Hall–Kier alpha value is -3.77. The zero-order valence-electron chi connectivity index (χ0n) is 16.8. The van der Waals surface area contributed by atoms with Crippen molar-refractivity contribution in [3.05, 3.63) is 71.3 Å². The number of rotatable bonds is 3. The molecular weight excluding hydrogens is 479 g/mol. The van der Waals surface area contributed by atoms with E-state index >= 15 is 0 Å². The van der Waals surface area contributed by atoms with Crippen molar-refractivity contribution in [3.63, 3.8) is 0 Å². The molecule has 0 aliphatic heterocycles. The molecule has 0 saturated heterocycles. The first kappa shape index (κ1) is 24.9. The SMILES string of the molecule is Nc1ccc(N(c2ccc(N)c(C(F)(F)F)c2)c2ccc(N)c(C(F)(F)F)c2)cc1C(F)(F)F. The zero-order chi connectivity index (χ0) is 25.6. The highest BCUT2D eigenvalue weighted by Gasteiger charge is 2.37. The van der Waals surface area contributed by atoms with Crippen LogP contribution in [-0.4, -0.2) is 0 Å². The number of hydrogen-bond donors (Lipinski definition) is 3. The van der Waals surface area contributed by atoms with E-state index in [9.17, 15) is 39.5 Å². The molecule has 0 aliphatic carbocycles. The number of halogens is 9. The van der Waals surface area contributed by atoms with Crippen molar-refractivity contribution >= 4 is 34.1 Å². The van der Waals surface area contributed by atoms with Crippen LogP contribution in [0.4, 0.5) is 73.6 Å². The Bertz CT molecular complexity index is 1060. The summed E-state index contributed by atoms with van der Waals surface area (Å²) < 4.78 is 121. The molecule has 0 aliphatic rings. The van der Waals surface area contributed by atoms with Crippen molar-refractivity contribution in [2.24, 2.45) is 0 Å². The van der Waals surface area contributed by atoms with Crippen LogP contribution in [0.25, 0.3) is 0 Å². The second-order valence-corrected chi connectivity index (χ2v) is 7.14. The Labute approximate surface area is 186 Å². The third-order valence-corrected chi connectivity index (χ3v) is 4.80. The molecule has 4 nitrogen and oxygen atoms in total. The van der Waals surface area contributed by atoms with Gasteiger partial charge in [0.05, 0.1) is 16.7 Å². The minimum Gasteiger partial charge on any atom is -0.398 e.